The van der Waals surface area contributed by atoms with Crippen LogP contribution in [0, 0.1) is 6.07 Å². The molecule has 0 amide bonds. The van der Waals surface area contributed by atoms with Crippen molar-refractivity contribution in [1.82, 2.24) is 0 Å². The van der Waals surface area contributed by atoms with Crippen LogP contribution in [0.25, 0.3) is 0 Å². The fraction of sp³-hybridized carbons (Fsp3) is 0.125. The number of rotatable bonds is 2. The first-order valence-corrected chi connectivity index (χ1v) is 2.90. The summed E-state index contributed by atoms with van der Waals surface area (Å²) in [5.41, 5.74) is 0.404. The minimum Gasteiger partial charge on any atom is -0.291 e. The lowest BCUT2D eigenvalue weighted by Crippen LogP contribution is -1.99. The minimum absolute atomic E-state index is 0.404. The van der Waals surface area contributed by atoms with Gasteiger partial charge in [-0.05, 0) is 6.07 Å². The van der Waals surface area contributed by atoms with Crippen molar-refractivity contribution < 1.29 is 9.18 Å². The van der Waals surface area contributed by atoms with Crippen LogP contribution < -0.4 is 0 Å². The third-order valence-electron chi connectivity index (χ3n) is 1.16. The zero-order chi connectivity index (χ0) is 7.40. The van der Waals surface area contributed by atoms with Crippen molar-refractivity contribution in [3.63, 3.8) is 0 Å². The number of ketones is 1. The maximum atomic E-state index is 11.7. The third-order valence-corrected chi connectivity index (χ3v) is 1.16. The summed E-state index contributed by atoms with van der Waals surface area (Å²) in [6, 6.07) is 9.00. The summed E-state index contributed by atoms with van der Waals surface area (Å²) in [7, 11) is 0. The molecule has 1 nitrogen and oxygen atoms in total. The van der Waals surface area contributed by atoms with Gasteiger partial charge in [-0.25, -0.2) is 4.39 Å². The molecule has 10 heavy (non-hydrogen) atoms. The molecular weight excluding hydrogens is 131 g/mol. The van der Waals surface area contributed by atoms with E-state index in [1.54, 1.807) is 24.3 Å². The monoisotopic (exact) mass is 137 g/mol. The molecule has 0 bridgehead atoms. The normalized spacial score (nSPS) is 9.30. The lowest BCUT2D eigenvalue weighted by atomic mass is 10.1. The number of carbonyl (C=O) groups is 1. The van der Waals surface area contributed by atoms with Crippen LogP contribution in [0.15, 0.2) is 24.3 Å². The summed E-state index contributed by atoms with van der Waals surface area (Å²) < 4.78 is 11.7. The second-order valence-corrected chi connectivity index (χ2v) is 1.85. The van der Waals surface area contributed by atoms with Crippen LogP contribution in [0.2, 0.25) is 0 Å². The van der Waals surface area contributed by atoms with Gasteiger partial charge in [0, 0.05) is 5.56 Å². The fourth-order valence-corrected chi connectivity index (χ4v) is 0.650. The number of Topliss-reactive ketones (excluding diaryl/α,β-unsaturated/α-hetero) is 1. The average Bonchev–Trinajstić information content (AvgIpc) is 2.05. The van der Waals surface area contributed by atoms with Gasteiger partial charge in [-0.2, -0.15) is 0 Å². The summed E-state index contributed by atoms with van der Waals surface area (Å²) in [5.74, 6) is -0.478. The van der Waals surface area contributed by atoms with Gasteiger partial charge in [0.15, 0.2) is 12.5 Å². The van der Waals surface area contributed by atoms with Crippen LogP contribution >= 0.6 is 0 Å². The molecule has 0 saturated heterocycles. The molecule has 1 aromatic rings. The maximum absolute atomic E-state index is 11.7. The molecule has 0 heterocycles. The summed E-state index contributed by atoms with van der Waals surface area (Å²) in [4.78, 5) is 10.6. The summed E-state index contributed by atoms with van der Waals surface area (Å²) in [6.07, 6.45) is 0. The fourth-order valence-electron chi connectivity index (χ4n) is 0.650. The summed E-state index contributed by atoms with van der Waals surface area (Å²) >= 11 is 0. The lowest BCUT2D eigenvalue weighted by molar-refractivity contribution is 0.0958. The molecule has 1 rings (SSSR count). The Kier molecular flexibility index (Phi) is 2.15. The van der Waals surface area contributed by atoms with E-state index < -0.39 is 12.5 Å². The van der Waals surface area contributed by atoms with Crippen LogP contribution in [0.3, 0.4) is 0 Å². The quantitative estimate of drug-likeness (QED) is 0.566. The smallest absolute Gasteiger partial charge is 0.193 e. The van der Waals surface area contributed by atoms with Gasteiger partial charge < -0.3 is 0 Å². The van der Waals surface area contributed by atoms with Crippen molar-refractivity contribution >= 4 is 5.78 Å². The Bertz CT molecular complexity index is 218. The van der Waals surface area contributed by atoms with Crippen molar-refractivity contribution in [2.24, 2.45) is 0 Å². The molecule has 0 saturated carbocycles. The first kappa shape index (κ1) is 6.93. The van der Waals surface area contributed by atoms with Gasteiger partial charge in [0.2, 0.25) is 0 Å². The van der Waals surface area contributed by atoms with Gasteiger partial charge >= 0.3 is 0 Å². The molecule has 0 aromatic heterocycles. The van der Waals surface area contributed by atoms with E-state index in [1.807, 2.05) is 0 Å². The Balaban J connectivity index is 2.85. The second-order valence-electron chi connectivity index (χ2n) is 1.85. The molecule has 0 aliphatic carbocycles. The van der Waals surface area contributed by atoms with Gasteiger partial charge in [0.1, 0.15) is 0 Å². The topological polar surface area (TPSA) is 17.1 Å². The van der Waals surface area contributed by atoms with E-state index in [-0.39, 0.29) is 0 Å². The standard InChI is InChI=1S/C8H6FO/c9-6-8(10)7-4-2-1-3-5-7/h2-5H,6H2. The first-order valence-electron chi connectivity index (χ1n) is 2.90. The number of halogens is 1. The predicted octanol–water partition coefficient (Wildman–Crippen LogP) is 1.64. The Hall–Kier alpha value is -1.18. The van der Waals surface area contributed by atoms with Gasteiger partial charge in [-0.15, -0.1) is 0 Å². The predicted molar refractivity (Wildman–Crippen MR) is 35.6 cm³/mol. The molecular formula is C8H6FO. The Morgan fingerprint density at radius 3 is 2.60 bits per heavy atom. The minimum atomic E-state index is -0.927. The van der Waals surface area contributed by atoms with Crippen LogP contribution in [-0.4, -0.2) is 12.5 Å². The molecule has 0 fully saturated rings. The first-order chi connectivity index (χ1) is 4.84. The molecule has 0 aliphatic rings. The summed E-state index contributed by atoms with van der Waals surface area (Å²) in [6.45, 7) is -0.927. The third kappa shape index (κ3) is 1.41. The summed E-state index contributed by atoms with van der Waals surface area (Å²) in [5, 5.41) is 0. The van der Waals surface area contributed by atoms with Crippen LogP contribution in [0.5, 0.6) is 0 Å². The van der Waals surface area contributed by atoms with Gasteiger partial charge in [0.05, 0.1) is 0 Å². The van der Waals surface area contributed by atoms with E-state index in [0.29, 0.717) is 5.56 Å². The molecule has 0 N–H and O–H groups in total. The number of alkyl halides is 1. The molecule has 0 spiro atoms. The van der Waals surface area contributed by atoms with Crippen LogP contribution in [0.1, 0.15) is 10.4 Å². The zero-order valence-electron chi connectivity index (χ0n) is 5.30. The molecule has 0 unspecified atom stereocenters. The lowest BCUT2D eigenvalue weighted by Gasteiger charge is -1.91. The largest absolute Gasteiger partial charge is 0.291 e. The Morgan fingerprint density at radius 1 is 1.50 bits per heavy atom. The Morgan fingerprint density at radius 2 is 2.10 bits per heavy atom. The van der Waals surface area contributed by atoms with Gasteiger partial charge in [-0.1, -0.05) is 24.3 Å². The molecule has 0 atom stereocenters. The van der Waals surface area contributed by atoms with E-state index in [4.69, 9.17) is 0 Å². The molecule has 0 aliphatic heterocycles. The number of carbonyl (C=O) groups excluding carboxylic acids is 1. The van der Waals surface area contributed by atoms with E-state index >= 15 is 0 Å². The second kappa shape index (κ2) is 3.11. The number of hydrogen-bond acceptors (Lipinski definition) is 1. The van der Waals surface area contributed by atoms with E-state index in [9.17, 15) is 9.18 Å². The average molecular weight is 137 g/mol. The number of benzene rings is 1. The van der Waals surface area contributed by atoms with Crippen molar-refractivity contribution in [3.05, 3.63) is 35.9 Å². The highest BCUT2D eigenvalue weighted by molar-refractivity contribution is 5.96. The van der Waals surface area contributed by atoms with Crippen molar-refractivity contribution in [1.29, 1.82) is 0 Å². The van der Waals surface area contributed by atoms with E-state index in [1.165, 1.54) is 0 Å². The van der Waals surface area contributed by atoms with Crippen LogP contribution in [-0.2, 0) is 0 Å². The highest BCUT2D eigenvalue weighted by atomic mass is 19.1. The zero-order valence-corrected chi connectivity index (χ0v) is 5.30. The van der Waals surface area contributed by atoms with E-state index in [0.717, 1.165) is 0 Å². The van der Waals surface area contributed by atoms with Crippen molar-refractivity contribution in [2.75, 3.05) is 6.67 Å². The molecule has 1 radical (unpaired) electrons. The molecule has 1 aromatic carbocycles. The van der Waals surface area contributed by atoms with Crippen LogP contribution in [0.4, 0.5) is 4.39 Å². The van der Waals surface area contributed by atoms with Gasteiger partial charge in [-0.3, -0.25) is 4.79 Å². The number of hydrogen-bond donors (Lipinski definition) is 0. The SMILES string of the molecule is O=C(CF)c1cc[c]cc1. The molecule has 51 valence electrons. The highest BCUT2D eigenvalue weighted by Gasteiger charge is 2.01. The van der Waals surface area contributed by atoms with Crippen molar-refractivity contribution in [2.45, 2.75) is 0 Å². The van der Waals surface area contributed by atoms with Crippen molar-refractivity contribution in [3.8, 4) is 0 Å². The maximum Gasteiger partial charge on any atom is 0.193 e. The van der Waals surface area contributed by atoms with E-state index in [2.05, 4.69) is 6.07 Å². The Labute approximate surface area is 58.5 Å². The highest BCUT2D eigenvalue weighted by Crippen LogP contribution is 1.98. The molecule has 2 heteroatoms. The van der Waals surface area contributed by atoms with Gasteiger partial charge in [0.25, 0.3) is 0 Å².